The van der Waals surface area contributed by atoms with Crippen molar-refractivity contribution in [3.8, 4) is 0 Å². The minimum absolute atomic E-state index is 0.232. The van der Waals surface area contributed by atoms with E-state index in [0.717, 1.165) is 12.1 Å². The highest BCUT2D eigenvalue weighted by Gasteiger charge is 2.07. The molecule has 0 atom stereocenters. The van der Waals surface area contributed by atoms with Crippen LogP contribution in [-0.2, 0) is 13.1 Å². The van der Waals surface area contributed by atoms with Gasteiger partial charge in [0.15, 0.2) is 0 Å². The summed E-state index contributed by atoms with van der Waals surface area (Å²) in [4.78, 5) is 20.7. The van der Waals surface area contributed by atoms with Crippen LogP contribution in [0.4, 0.5) is 11.5 Å². The molecule has 0 aliphatic carbocycles. The maximum Gasteiger partial charge on any atom is 0.257 e. The predicted octanol–water partition coefficient (Wildman–Crippen LogP) is 4.84. The Bertz CT molecular complexity index is 1110. The van der Waals surface area contributed by atoms with Crippen LogP contribution in [0.5, 0.6) is 0 Å². The van der Waals surface area contributed by atoms with Crippen LogP contribution in [0, 0.1) is 0 Å². The summed E-state index contributed by atoms with van der Waals surface area (Å²) in [6, 6.07) is 18.9. The monoisotopic (exact) mass is 417 g/mol. The lowest BCUT2D eigenvalue weighted by Gasteiger charge is -2.09. The molecule has 0 bridgehead atoms. The molecule has 2 N–H and O–H groups in total. The van der Waals surface area contributed by atoms with Gasteiger partial charge < -0.3 is 15.2 Å². The molecule has 7 heteroatoms. The SMILES string of the molecule is O=C(Nc1cccc(Cl)c1)c1ccc(NCc2ccc(Cn3ccnc3)cc2)nc1. The van der Waals surface area contributed by atoms with E-state index in [0.29, 0.717) is 28.6 Å². The summed E-state index contributed by atoms with van der Waals surface area (Å²) in [6.07, 6.45) is 7.08. The van der Waals surface area contributed by atoms with Crippen LogP contribution >= 0.6 is 11.6 Å². The Morgan fingerprint density at radius 2 is 1.87 bits per heavy atom. The molecular weight excluding hydrogens is 398 g/mol. The number of carbonyl (C=O) groups excluding carboxylic acids is 1. The summed E-state index contributed by atoms with van der Waals surface area (Å²) in [6.45, 7) is 1.44. The number of halogens is 1. The number of benzene rings is 2. The number of pyridine rings is 1. The molecule has 6 nitrogen and oxygen atoms in total. The van der Waals surface area contributed by atoms with Crippen molar-refractivity contribution in [3.05, 3.63) is 107 Å². The molecule has 1 amide bonds. The third-order valence-corrected chi connectivity index (χ3v) is 4.76. The Kier molecular flexibility index (Phi) is 6.06. The average molecular weight is 418 g/mol. The smallest absolute Gasteiger partial charge is 0.257 e. The summed E-state index contributed by atoms with van der Waals surface area (Å²) in [7, 11) is 0. The summed E-state index contributed by atoms with van der Waals surface area (Å²) in [5.41, 5.74) is 3.48. The highest BCUT2D eigenvalue weighted by molar-refractivity contribution is 6.30. The van der Waals surface area contributed by atoms with Crippen LogP contribution in [0.2, 0.25) is 5.02 Å². The molecule has 0 saturated heterocycles. The normalized spacial score (nSPS) is 10.6. The predicted molar refractivity (Wildman–Crippen MR) is 119 cm³/mol. The fraction of sp³-hybridized carbons (Fsp3) is 0.0870. The largest absolute Gasteiger partial charge is 0.366 e. The van der Waals surface area contributed by atoms with Crippen molar-refractivity contribution in [1.82, 2.24) is 14.5 Å². The third-order valence-electron chi connectivity index (χ3n) is 4.53. The Morgan fingerprint density at radius 1 is 1.03 bits per heavy atom. The van der Waals surface area contributed by atoms with Gasteiger partial charge >= 0.3 is 0 Å². The molecule has 2 aromatic carbocycles. The quantitative estimate of drug-likeness (QED) is 0.451. The van der Waals surface area contributed by atoms with Gasteiger partial charge in [-0.05, 0) is 41.5 Å². The van der Waals surface area contributed by atoms with Crippen LogP contribution in [-0.4, -0.2) is 20.4 Å². The fourth-order valence-electron chi connectivity index (χ4n) is 2.95. The van der Waals surface area contributed by atoms with Crippen molar-refractivity contribution in [3.63, 3.8) is 0 Å². The molecule has 0 saturated carbocycles. The molecule has 2 aromatic heterocycles. The van der Waals surface area contributed by atoms with Crippen molar-refractivity contribution >= 4 is 29.0 Å². The van der Waals surface area contributed by atoms with E-state index in [4.69, 9.17) is 11.6 Å². The standard InChI is InChI=1S/C23H20ClN5O/c24-20-2-1-3-21(12-20)28-23(30)19-8-9-22(27-14-19)26-13-17-4-6-18(7-5-17)15-29-11-10-25-16-29/h1-12,14,16H,13,15H2,(H,26,27)(H,28,30). The van der Waals surface area contributed by atoms with Gasteiger partial charge in [0.1, 0.15) is 5.82 Å². The van der Waals surface area contributed by atoms with Gasteiger partial charge in [0.05, 0.1) is 11.9 Å². The van der Waals surface area contributed by atoms with Crippen LogP contribution in [0.1, 0.15) is 21.5 Å². The minimum Gasteiger partial charge on any atom is -0.366 e. The Labute approximate surface area is 179 Å². The summed E-state index contributed by atoms with van der Waals surface area (Å²) in [5.74, 6) is 0.474. The van der Waals surface area contributed by atoms with Crippen LogP contribution in [0.3, 0.4) is 0 Å². The highest BCUT2D eigenvalue weighted by atomic mass is 35.5. The zero-order chi connectivity index (χ0) is 20.8. The summed E-state index contributed by atoms with van der Waals surface area (Å²) < 4.78 is 2.03. The maximum absolute atomic E-state index is 12.3. The molecule has 4 aromatic rings. The molecule has 0 radical (unpaired) electrons. The third kappa shape index (κ3) is 5.24. The summed E-state index contributed by atoms with van der Waals surface area (Å²) >= 11 is 5.95. The van der Waals surface area contributed by atoms with E-state index < -0.39 is 0 Å². The number of rotatable bonds is 7. The summed E-state index contributed by atoms with van der Waals surface area (Å²) in [5, 5.41) is 6.65. The van der Waals surface area contributed by atoms with Crippen LogP contribution < -0.4 is 10.6 Å². The molecule has 30 heavy (non-hydrogen) atoms. The van der Waals surface area contributed by atoms with E-state index in [9.17, 15) is 4.79 Å². The number of nitrogens with zero attached hydrogens (tertiary/aromatic N) is 3. The van der Waals surface area contributed by atoms with E-state index in [1.165, 1.54) is 5.56 Å². The second-order valence-electron chi connectivity index (χ2n) is 6.80. The molecule has 0 fully saturated rings. The lowest BCUT2D eigenvalue weighted by molar-refractivity contribution is 0.102. The van der Waals surface area contributed by atoms with Gasteiger partial charge in [0.2, 0.25) is 0 Å². The number of nitrogens with one attached hydrogen (secondary N) is 2. The van der Waals surface area contributed by atoms with Gasteiger partial charge in [0.25, 0.3) is 5.91 Å². The lowest BCUT2D eigenvalue weighted by Crippen LogP contribution is -2.12. The molecule has 150 valence electrons. The van der Waals surface area contributed by atoms with Gasteiger partial charge in [-0.1, -0.05) is 41.9 Å². The van der Waals surface area contributed by atoms with Gasteiger partial charge in [-0.2, -0.15) is 0 Å². The van der Waals surface area contributed by atoms with E-state index >= 15 is 0 Å². The van der Waals surface area contributed by atoms with Crippen LogP contribution in [0.15, 0.2) is 85.6 Å². The molecule has 4 rings (SSSR count). The first kappa shape index (κ1) is 19.7. The van der Waals surface area contributed by atoms with Crippen molar-refractivity contribution in [2.24, 2.45) is 0 Å². The zero-order valence-corrected chi connectivity index (χ0v) is 16.9. The Hall–Kier alpha value is -3.64. The zero-order valence-electron chi connectivity index (χ0n) is 16.1. The van der Waals surface area contributed by atoms with Gasteiger partial charge in [-0.3, -0.25) is 4.79 Å². The second kappa shape index (κ2) is 9.24. The molecule has 2 heterocycles. The lowest BCUT2D eigenvalue weighted by atomic mass is 10.1. The maximum atomic E-state index is 12.3. The fourth-order valence-corrected chi connectivity index (χ4v) is 3.14. The van der Waals surface area contributed by atoms with E-state index in [-0.39, 0.29) is 5.91 Å². The number of hydrogen-bond donors (Lipinski definition) is 2. The highest BCUT2D eigenvalue weighted by Crippen LogP contribution is 2.16. The number of imidazole rings is 1. The second-order valence-corrected chi connectivity index (χ2v) is 7.24. The Morgan fingerprint density at radius 3 is 2.57 bits per heavy atom. The van der Waals surface area contributed by atoms with Gasteiger partial charge in [-0.25, -0.2) is 9.97 Å². The topological polar surface area (TPSA) is 71.8 Å². The first-order valence-electron chi connectivity index (χ1n) is 9.46. The first-order valence-corrected chi connectivity index (χ1v) is 9.84. The number of hydrogen-bond acceptors (Lipinski definition) is 4. The van der Waals surface area contributed by atoms with E-state index in [2.05, 4.69) is 44.9 Å². The molecule has 0 spiro atoms. The minimum atomic E-state index is -0.232. The van der Waals surface area contributed by atoms with E-state index in [1.807, 2.05) is 10.8 Å². The van der Waals surface area contributed by atoms with Crippen molar-refractivity contribution < 1.29 is 4.79 Å². The molecule has 0 aliphatic heterocycles. The van der Waals surface area contributed by atoms with Crippen molar-refractivity contribution in [2.45, 2.75) is 13.1 Å². The first-order chi connectivity index (χ1) is 14.7. The van der Waals surface area contributed by atoms with Gasteiger partial charge in [0, 0.05) is 42.4 Å². The molecule has 0 aliphatic rings. The Balaban J connectivity index is 1.30. The van der Waals surface area contributed by atoms with Crippen molar-refractivity contribution in [1.29, 1.82) is 0 Å². The number of carbonyl (C=O) groups is 1. The van der Waals surface area contributed by atoms with Crippen molar-refractivity contribution in [2.75, 3.05) is 10.6 Å². The number of amides is 1. The van der Waals surface area contributed by atoms with Gasteiger partial charge in [-0.15, -0.1) is 0 Å². The molecule has 0 unspecified atom stereocenters. The average Bonchev–Trinajstić information content (AvgIpc) is 3.27. The number of anilines is 2. The molecular formula is C23H20ClN5O. The number of aromatic nitrogens is 3. The van der Waals surface area contributed by atoms with Crippen LogP contribution in [0.25, 0.3) is 0 Å². The van der Waals surface area contributed by atoms with E-state index in [1.54, 1.807) is 55.1 Å².